The van der Waals surface area contributed by atoms with Crippen molar-refractivity contribution in [1.82, 2.24) is 0 Å². The molecule has 0 saturated carbocycles. The number of carbonyl (C=O) groups excluding carboxylic acids is 1. The molecule has 0 radical (unpaired) electrons. The van der Waals surface area contributed by atoms with E-state index >= 15 is 0 Å². The summed E-state index contributed by atoms with van der Waals surface area (Å²) < 4.78 is 7.62. The average molecular weight is 613 g/mol. The van der Waals surface area contributed by atoms with E-state index in [1.807, 2.05) is 32.1 Å². The third-order valence-electron chi connectivity index (χ3n) is 9.58. The van der Waals surface area contributed by atoms with Crippen molar-refractivity contribution in [2.24, 2.45) is 11.8 Å². The van der Waals surface area contributed by atoms with E-state index in [0.717, 1.165) is 53.5 Å². The first-order chi connectivity index (χ1) is 21.1. The van der Waals surface area contributed by atoms with Crippen molar-refractivity contribution in [1.29, 1.82) is 0 Å². The number of methoxy groups -OCH3 is 1. The number of hydrogen-bond donors (Lipinski definition) is 1. The lowest BCUT2D eigenvalue weighted by atomic mass is 9.77. The molecule has 45 heavy (non-hydrogen) atoms. The Kier molecular flexibility index (Phi) is 8.32. The van der Waals surface area contributed by atoms with Crippen molar-refractivity contribution in [2.75, 3.05) is 25.1 Å². The number of ether oxygens (including phenoxy) is 1. The third-order valence-corrected chi connectivity index (χ3v) is 9.58. The van der Waals surface area contributed by atoms with Gasteiger partial charge in [0.2, 0.25) is 11.5 Å². The van der Waals surface area contributed by atoms with Gasteiger partial charge in [-0.1, -0.05) is 41.5 Å². The van der Waals surface area contributed by atoms with Crippen LogP contribution in [0.25, 0.3) is 0 Å². The van der Waals surface area contributed by atoms with Crippen molar-refractivity contribution in [3.05, 3.63) is 92.4 Å². The minimum atomic E-state index is -0.750. The molecule has 5 rings (SSSR count). The molecule has 2 aromatic rings. The number of aliphatic hydroxyl groups is 1. The Balaban J connectivity index is 1.61. The van der Waals surface area contributed by atoms with E-state index in [4.69, 9.17) is 4.74 Å². The van der Waals surface area contributed by atoms with E-state index in [0.29, 0.717) is 23.9 Å². The van der Waals surface area contributed by atoms with Crippen LogP contribution in [0.5, 0.6) is 5.75 Å². The maximum atomic E-state index is 13.8. The molecule has 0 atom stereocenters. The fourth-order valence-corrected chi connectivity index (χ4v) is 6.88. The Morgan fingerprint density at radius 3 is 2.31 bits per heavy atom. The highest BCUT2D eigenvalue weighted by Gasteiger charge is 2.50. The minimum Gasteiger partial charge on any atom is -0.506 e. The number of ketones is 1. The van der Waals surface area contributed by atoms with E-state index in [9.17, 15) is 20.0 Å². The van der Waals surface area contributed by atoms with Crippen molar-refractivity contribution >= 4 is 28.6 Å². The number of nitro groups is 1. The Labute approximate surface area is 266 Å². The van der Waals surface area contributed by atoms with E-state index in [1.54, 1.807) is 19.3 Å². The van der Waals surface area contributed by atoms with Gasteiger partial charge in [0, 0.05) is 48.0 Å². The summed E-state index contributed by atoms with van der Waals surface area (Å²) in [7, 11) is 1.66. The Morgan fingerprint density at radius 2 is 1.71 bits per heavy atom. The molecular weight excluding hydrogens is 566 g/mol. The molecule has 0 amide bonds. The lowest BCUT2D eigenvalue weighted by Crippen LogP contribution is -2.32. The van der Waals surface area contributed by atoms with Gasteiger partial charge in [-0.2, -0.15) is 4.58 Å². The molecule has 8 nitrogen and oxygen atoms in total. The fraction of sp³-hybridized carbons (Fsp3) is 0.459. The summed E-state index contributed by atoms with van der Waals surface area (Å²) in [5, 5.41) is 23.5. The number of carbonyl (C=O) groups is 1. The van der Waals surface area contributed by atoms with Crippen molar-refractivity contribution in [3.8, 4) is 5.75 Å². The average Bonchev–Trinajstić information content (AvgIpc) is 3.33. The van der Waals surface area contributed by atoms with E-state index < -0.39 is 10.8 Å². The zero-order valence-corrected chi connectivity index (χ0v) is 28.0. The van der Waals surface area contributed by atoms with Crippen LogP contribution in [0, 0.1) is 22.0 Å². The van der Waals surface area contributed by atoms with Crippen LogP contribution in [-0.2, 0) is 15.6 Å². The number of allylic oxidation sites excluding steroid dienone is 5. The summed E-state index contributed by atoms with van der Waals surface area (Å²) in [5.74, 6) is 1.41. The second kappa shape index (κ2) is 11.6. The Bertz CT molecular complexity index is 1700. The van der Waals surface area contributed by atoms with Crippen LogP contribution in [-0.4, -0.2) is 46.3 Å². The van der Waals surface area contributed by atoms with Crippen LogP contribution in [0.1, 0.15) is 79.4 Å². The standard InChI is InChI=1S/C37H45N3O5/c1-22(2)15-17-38-28-14-13-24(45-9)19-27(28)36(5,6)31(38)20-25-34(41)26(35(25)42)21-32-37(7,8)33-29(39(32)18-16-23(3)4)11-10-12-30(33)40(43)44/h10-14,19-23H,15-18H2,1-9H3/p+1. The molecule has 1 aliphatic carbocycles. The molecule has 8 heteroatoms. The number of nitrogens with zero attached hydrogens (tertiary/aromatic N) is 3. The highest BCUT2D eigenvalue weighted by Crippen LogP contribution is 2.51. The van der Waals surface area contributed by atoms with Gasteiger partial charge in [0.15, 0.2) is 5.71 Å². The van der Waals surface area contributed by atoms with Crippen LogP contribution in [0.3, 0.4) is 0 Å². The second-order valence-electron chi connectivity index (χ2n) is 14.3. The number of fused-ring (bicyclic) bond motifs is 2. The summed E-state index contributed by atoms with van der Waals surface area (Å²) in [4.78, 5) is 27.8. The second-order valence-corrected chi connectivity index (χ2v) is 14.3. The number of anilines is 1. The predicted molar refractivity (Wildman–Crippen MR) is 179 cm³/mol. The Morgan fingerprint density at radius 1 is 1.02 bits per heavy atom. The van der Waals surface area contributed by atoms with Crippen molar-refractivity contribution < 1.29 is 24.1 Å². The van der Waals surface area contributed by atoms with Gasteiger partial charge >= 0.3 is 0 Å². The SMILES string of the molecule is COc1ccc2c(c1)C(C)(C)/C(=C\C1=C(O)C(=C\C3=[N+](CCC(C)C)c4cccc([N+](=O)[O-])c4C3(C)C)/C1=O)N2CCC(C)C. The van der Waals surface area contributed by atoms with Crippen LogP contribution in [0.15, 0.2) is 71.2 Å². The number of hydrogen-bond acceptors (Lipinski definition) is 6. The summed E-state index contributed by atoms with van der Waals surface area (Å²) in [5.41, 5.74) is 4.73. The lowest BCUT2D eigenvalue weighted by Gasteiger charge is -2.29. The number of rotatable bonds is 10. The molecule has 3 aliphatic rings. The highest BCUT2D eigenvalue weighted by molar-refractivity contribution is 6.24. The molecule has 1 N–H and O–H groups in total. The van der Waals surface area contributed by atoms with Gasteiger partial charge in [0.1, 0.15) is 23.6 Å². The normalized spacial score (nSPS) is 20.1. The summed E-state index contributed by atoms with van der Waals surface area (Å²) >= 11 is 0. The van der Waals surface area contributed by atoms with Gasteiger partial charge in [0.25, 0.3) is 5.69 Å². The predicted octanol–water partition coefficient (Wildman–Crippen LogP) is 8.07. The molecule has 0 saturated heterocycles. The zero-order valence-electron chi connectivity index (χ0n) is 28.0. The van der Waals surface area contributed by atoms with Gasteiger partial charge in [-0.05, 0) is 68.0 Å². The topological polar surface area (TPSA) is 95.9 Å². The first-order valence-electron chi connectivity index (χ1n) is 15.9. The van der Waals surface area contributed by atoms with Crippen molar-refractivity contribution in [3.63, 3.8) is 0 Å². The van der Waals surface area contributed by atoms with E-state index in [-0.39, 0.29) is 33.3 Å². The van der Waals surface area contributed by atoms with Gasteiger partial charge < -0.3 is 14.7 Å². The maximum absolute atomic E-state index is 13.8. The molecule has 2 aromatic carbocycles. The number of nitro benzene ring substituents is 1. The van der Waals surface area contributed by atoms with Gasteiger partial charge in [-0.3, -0.25) is 14.9 Å². The molecule has 0 aromatic heterocycles. The minimum absolute atomic E-state index is 0.0433. The molecular formula is C37H46N3O5+. The quantitative estimate of drug-likeness (QED) is 0.126. The fourth-order valence-electron chi connectivity index (χ4n) is 6.88. The molecule has 0 spiro atoms. The van der Waals surface area contributed by atoms with Gasteiger partial charge in [0.05, 0.1) is 28.6 Å². The highest BCUT2D eigenvalue weighted by atomic mass is 16.6. The van der Waals surface area contributed by atoms with Crippen LogP contribution in [0.2, 0.25) is 0 Å². The molecule has 0 unspecified atom stereocenters. The smallest absolute Gasteiger partial charge is 0.280 e. The molecule has 0 bridgehead atoms. The number of benzene rings is 2. The number of Topliss-reactive ketones (excluding diaryl/α,β-unsaturated/α-hetero) is 1. The molecule has 2 aliphatic heterocycles. The summed E-state index contributed by atoms with van der Waals surface area (Å²) in [6, 6.07) is 11.2. The first-order valence-corrected chi connectivity index (χ1v) is 15.9. The first kappa shape index (κ1) is 32.2. The summed E-state index contributed by atoms with van der Waals surface area (Å²) in [6.07, 6.45) is 5.43. The third kappa shape index (κ3) is 5.38. The number of aliphatic hydroxyl groups excluding tert-OH is 1. The van der Waals surface area contributed by atoms with Crippen LogP contribution >= 0.6 is 0 Å². The van der Waals surface area contributed by atoms with Crippen LogP contribution in [0.4, 0.5) is 17.1 Å². The van der Waals surface area contributed by atoms with E-state index in [1.165, 1.54) is 6.07 Å². The zero-order chi connectivity index (χ0) is 33.0. The van der Waals surface area contributed by atoms with Crippen molar-refractivity contribution in [2.45, 2.75) is 79.1 Å². The lowest BCUT2D eigenvalue weighted by molar-refractivity contribution is -0.440. The maximum Gasteiger partial charge on any atom is 0.280 e. The Hall–Kier alpha value is -4.20. The van der Waals surface area contributed by atoms with Crippen LogP contribution < -0.4 is 9.64 Å². The van der Waals surface area contributed by atoms with E-state index in [2.05, 4.69) is 63.2 Å². The van der Waals surface area contributed by atoms with Gasteiger partial charge in [-0.15, -0.1) is 0 Å². The molecule has 2 heterocycles. The largest absolute Gasteiger partial charge is 0.506 e. The summed E-state index contributed by atoms with van der Waals surface area (Å²) in [6.45, 7) is 18.3. The van der Waals surface area contributed by atoms with Gasteiger partial charge in [-0.25, -0.2) is 0 Å². The monoisotopic (exact) mass is 612 g/mol. The molecule has 238 valence electrons. The molecule has 0 fully saturated rings.